The van der Waals surface area contributed by atoms with Crippen LogP contribution in [0.4, 0.5) is 0 Å². The number of hydrogen-bond acceptors (Lipinski definition) is 0. The molecule has 1 unspecified atom stereocenters. The highest BCUT2D eigenvalue weighted by molar-refractivity contribution is 7.68. The smallest absolute Gasteiger partial charge is 0.0768 e. The Morgan fingerprint density at radius 3 is 2.19 bits per heavy atom. The standard InChI is InChI=1S/C26H30P/c1-18-12-14-20(3)25(22(18)5)16-27(24-10-8-7-9-11-24)17-26-21(4)15-13-19(2)23(26)6/h7-12,14-17H,13H2,1-6H3/q+1. The van der Waals surface area contributed by atoms with Gasteiger partial charge in [-0.3, -0.25) is 0 Å². The molecule has 0 aliphatic heterocycles. The number of benzene rings is 2. The van der Waals surface area contributed by atoms with E-state index in [-0.39, 0.29) is 0 Å². The van der Waals surface area contributed by atoms with Gasteiger partial charge in [-0.2, -0.15) is 0 Å². The van der Waals surface area contributed by atoms with E-state index >= 15 is 0 Å². The third-order valence-electron chi connectivity index (χ3n) is 5.78. The van der Waals surface area contributed by atoms with Crippen molar-refractivity contribution in [3.8, 4) is 0 Å². The SMILES string of the molecule is CC1=CCC(C)=C(C)C1=C[P+](=Cc1c(C)ccc(C)c1C)c1ccccc1. The summed E-state index contributed by atoms with van der Waals surface area (Å²) in [7, 11) is -0.534. The van der Waals surface area contributed by atoms with Gasteiger partial charge in [0, 0.05) is 11.1 Å². The van der Waals surface area contributed by atoms with Gasteiger partial charge in [0.15, 0.2) is 12.8 Å². The average Bonchev–Trinajstić information content (AvgIpc) is 2.67. The van der Waals surface area contributed by atoms with Crippen LogP contribution in [0.1, 0.15) is 49.4 Å². The zero-order valence-electron chi connectivity index (χ0n) is 17.4. The third-order valence-corrected chi connectivity index (χ3v) is 7.75. The summed E-state index contributed by atoms with van der Waals surface area (Å²) in [6.07, 6.45) is 3.45. The van der Waals surface area contributed by atoms with Crippen LogP contribution < -0.4 is 5.30 Å². The second-order valence-electron chi connectivity index (χ2n) is 7.65. The van der Waals surface area contributed by atoms with Crippen LogP contribution in [-0.4, -0.2) is 5.80 Å². The molecule has 1 atom stereocenters. The van der Waals surface area contributed by atoms with Gasteiger partial charge in [-0.05, 0) is 87.9 Å². The molecule has 0 fully saturated rings. The van der Waals surface area contributed by atoms with Crippen molar-refractivity contribution in [2.45, 2.75) is 48.0 Å². The lowest BCUT2D eigenvalue weighted by molar-refractivity contribution is 1.08. The molecule has 0 saturated heterocycles. The van der Waals surface area contributed by atoms with Crippen LogP contribution in [0.5, 0.6) is 0 Å². The largest absolute Gasteiger partial charge is 0.163 e. The fourth-order valence-corrected chi connectivity index (χ4v) is 5.77. The first-order chi connectivity index (χ1) is 12.9. The Morgan fingerprint density at radius 2 is 1.48 bits per heavy atom. The Kier molecular flexibility index (Phi) is 5.98. The quantitative estimate of drug-likeness (QED) is 0.502. The lowest BCUT2D eigenvalue weighted by Gasteiger charge is -2.16. The molecule has 2 aromatic rings. The highest BCUT2D eigenvalue weighted by atomic mass is 31.1. The lowest BCUT2D eigenvalue weighted by atomic mass is 9.90. The van der Waals surface area contributed by atoms with Gasteiger partial charge in [0.05, 0.1) is 0 Å². The van der Waals surface area contributed by atoms with Crippen LogP contribution in [0.25, 0.3) is 0 Å². The van der Waals surface area contributed by atoms with Crippen molar-refractivity contribution in [2.75, 3.05) is 0 Å². The van der Waals surface area contributed by atoms with Crippen LogP contribution in [0.3, 0.4) is 0 Å². The van der Waals surface area contributed by atoms with Crippen LogP contribution >= 0.6 is 7.55 Å². The van der Waals surface area contributed by atoms with Gasteiger partial charge in [0.2, 0.25) is 0 Å². The first-order valence-corrected chi connectivity index (χ1v) is 11.2. The minimum atomic E-state index is -0.534. The summed E-state index contributed by atoms with van der Waals surface area (Å²) in [6.45, 7) is 13.5. The summed E-state index contributed by atoms with van der Waals surface area (Å²) in [6, 6.07) is 15.4. The van der Waals surface area contributed by atoms with E-state index in [9.17, 15) is 0 Å². The molecule has 0 spiro atoms. The van der Waals surface area contributed by atoms with Gasteiger partial charge in [0.1, 0.15) is 11.6 Å². The first kappa shape index (κ1) is 19.6. The van der Waals surface area contributed by atoms with E-state index in [1.54, 1.807) is 0 Å². The van der Waals surface area contributed by atoms with Gasteiger partial charge < -0.3 is 0 Å². The van der Waals surface area contributed by atoms with Crippen molar-refractivity contribution < 1.29 is 0 Å². The number of aryl methyl sites for hydroxylation is 2. The Balaban J connectivity index is 2.23. The van der Waals surface area contributed by atoms with E-state index in [0.29, 0.717) is 0 Å². The van der Waals surface area contributed by atoms with Crippen molar-refractivity contribution in [1.29, 1.82) is 0 Å². The minimum absolute atomic E-state index is 0.534. The molecule has 0 saturated carbocycles. The van der Waals surface area contributed by atoms with E-state index in [1.807, 2.05) is 0 Å². The van der Waals surface area contributed by atoms with Crippen molar-refractivity contribution in [3.63, 3.8) is 0 Å². The van der Waals surface area contributed by atoms with E-state index in [2.05, 4.69) is 102 Å². The van der Waals surface area contributed by atoms with Crippen molar-refractivity contribution in [2.24, 2.45) is 0 Å². The summed E-state index contributed by atoms with van der Waals surface area (Å²) >= 11 is 0. The first-order valence-electron chi connectivity index (χ1n) is 9.69. The molecule has 0 N–H and O–H groups in total. The summed E-state index contributed by atoms with van der Waals surface area (Å²) in [5.74, 6) is 5.04. The fourth-order valence-electron chi connectivity index (χ4n) is 3.53. The molecular formula is C26H30P+. The van der Waals surface area contributed by atoms with Gasteiger partial charge in [0.25, 0.3) is 0 Å². The monoisotopic (exact) mass is 373 g/mol. The van der Waals surface area contributed by atoms with Gasteiger partial charge >= 0.3 is 0 Å². The lowest BCUT2D eigenvalue weighted by Crippen LogP contribution is -2.02. The molecule has 2 aromatic carbocycles. The third kappa shape index (κ3) is 4.23. The van der Waals surface area contributed by atoms with E-state index in [1.165, 1.54) is 49.9 Å². The van der Waals surface area contributed by atoms with Crippen LogP contribution in [0.15, 0.2) is 76.7 Å². The van der Waals surface area contributed by atoms with Crippen LogP contribution in [-0.2, 0) is 0 Å². The zero-order valence-corrected chi connectivity index (χ0v) is 18.3. The molecule has 0 radical (unpaired) electrons. The summed E-state index contributed by atoms with van der Waals surface area (Å²) < 4.78 is 0. The summed E-state index contributed by atoms with van der Waals surface area (Å²) in [4.78, 5) is 0. The average molecular weight is 374 g/mol. The Morgan fingerprint density at radius 1 is 0.815 bits per heavy atom. The van der Waals surface area contributed by atoms with Crippen LogP contribution in [0.2, 0.25) is 0 Å². The molecule has 0 nitrogen and oxygen atoms in total. The predicted octanol–water partition coefficient (Wildman–Crippen LogP) is 7.14. The molecule has 1 aliphatic rings. The molecule has 1 heteroatoms. The summed E-state index contributed by atoms with van der Waals surface area (Å²) in [5, 5.41) is 1.41. The molecule has 1 aliphatic carbocycles. The minimum Gasteiger partial charge on any atom is -0.0768 e. The second kappa shape index (κ2) is 8.24. The zero-order chi connectivity index (χ0) is 19.6. The fraction of sp³-hybridized carbons (Fsp3) is 0.269. The maximum Gasteiger partial charge on any atom is 0.163 e. The molecule has 0 amide bonds. The van der Waals surface area contributed by atoms with Crippen LogP contribution in [0, 0.1) is 20.8 Å². The van der Waals surface area contributed by atoms with Crippen molar-refractivity contribution >= 4 is 18.6 Å². The predicted molar refractivity (Wildman–Crippen MR) is 124 cm³/mol. The van der Waals surface area contributed by atoms with Crippen molar-refractivity contribution in [3.05, 3.63) is 98.9 Å². The Bertz CT molecular complexity index is 982. The van der Waals surface area contributed by atoms with Gasteiger partial charge in [-0.25, -0.2) is 0 Å². The highest BCUT2D eigenvalue weighted by Gasteiger charge is 2.19. The Labute approximate surface area is 165 Å². The molecule has 0 bridgehead atoms. The number of rotatable bonds is 3. The van der Waals surface area contributed by atoms with Crippen molar-refractivity contribution in [1.82, 2.24) is 0 Å². The summed E-state index contributed by atoms with van der Waals surface area (Å²) in [5.41, 5.74) is 11.3. The number of hydrogen-bond donors (Lipinski definition) is 0. The van der Waals surface area contributed by atoms with E-state index in [4.69, 9.17) is 0 Å². The molecule has 138 valence electrons. The normalized spacial score (nSPS) is 16.7. The maximum atomic E-state index is 2.52. The maximum absolute atomic E-state index is 2.52. The molecule has 0 aromatic heterocycles. The molecule has 27 heavy (non-hydrogen) atoms. The molecule has 3 rings (SSSR count). The van der Waals surface area contributed by atoms with E-state index < -0.39 is 7.55 Å². The molecular weight excluding hydrogens is 343 g/mol. The van der Waals surface area contributed by atoms with E-state index in [0.717, 1.165) is 6.42 Å². The topological polar surface area (TPSA) is 0 Å². The highest BCUT2D eigenvalue weighted by Crippen LogP contribution is 2.36. The molecule has 0 heterocycles. The van der Waals surface area contributed by atoms with Gasteiger partial charge in [-0.15, -0.1) is 0 Å². The van der Waals surface area contributed by atoms with Gasteiger partial charge in [-0.1, -0.05) is 42.0 Å². The second-order valence-corrected chi connectivity index (χ2v) is 9.50. The Hall–Kier alpha value is -2.17. The number of allylic oxidation sites excluding steroid dienone is 5.